The van der Waals surface area contributed by atoms with Crippen molar-refractivity contribution in [1.29, 1.82) is 0 Å². The number of fused-ring (bicyclic) bond motifs is 1. The molecule has 94 valence electrons. The number of hydrogen-bond acceptors (Lipinski definition) is 5. The van der Waals surface area contributed by atoms with E-state index in [9.17, 15) is 0 Å². The van der Waals surface area contributed by atoms with Crippen LogP contribution in [0.1, 0.15) is 16.0 Å². The van der Waals surface area contributed by atoms with E-state index in [1.807, 2.05) is 18.4 Å². The summed E-state index contributed by atoms with van der Waals surface area (Å²) in [5.74, 6) is 1.96. The van der Waals surface area contributed by atoms with Crippen molar-refractivity contribution in [2.75, 3.05) is 23.8 Å². The van der Waals surface area contributed by atoms with Gasteiger partial charge in [-0.25, -0.2) is 9.97 Å². The summed E-state index contributed by atoms with van der Waals surface area (Å²) >= 11 is 1.86. The fraction of sp³-hybridized carbons (Fsp3) is 0.385. The van der Waals surface area contributed by atoms with Crippen molar-refractivity contribution in [3.63, 3.8) is 0 Å². The number of thiophene rings is 1. The summed E-state index contributed by atoms with van der Waals surface area (Å²) in [7, 11) is 1.90. The average Bonchev–Trinajstić information content (AvgIpc) is 2.86. The van der Waals surface area contributed by atoms with E-state index in [4.69, 9.17) is 0 Å². The predicted molar refractivity (Wildman–Crippen MR) is 75.4 cm³/mol. The molecule has 0 bridgehead atoms. The van der Waals surface area contributed by atoms with E-state index < -0.39 is 0 Å². The molecule has 0 fully saturated rings. The highest BCUT2D eigenvalue weighted by atomic mass is 32.1. The van der Waals surface area contributed by atoms with Crippen molar-refractivity contribution in [1.82, 2.24) is 9.97 Å². The summed E-state index contributed by atoms with van der Waals surface area (Å²) < 4.78 is 0. The Morgan fingerprint density at radius 3 is 3.11 bits per heavy atom. The van der Waals surface area contributed by atoms with Crippen molar-refractivity contribution in [3.8, 4) is 0 Å². The lowest BCUT2D eigenvalue weighted by atomic mass is 10.1. The first-order chi connectivity index (χ1) is 8.79. The molecule has 0 unspecified atom stereocenters. The standard InChI is InChI=1S/C13H16N4S/c1-9-12(14-2)15-8-16-13(9)17-5-3-11-10(7-17)4-6-18-11/h4,6,8H,3,5,7H2,1-2H3,(H,14,15,16). The van der Waals surface area contributed by atoms with Gasteiger partial charge in [0.15, 0.2) is 0 Å². The summed E-state index contributed by atoms with van der Waals surface area (Å²) in [5.41, 5.74) is 2.56. The summed E-state index contributed by atoms with van der Waals surface area (Å²) in [4.78, 5) is 12.5. The zero-order valence-electron chi connectivity index (χ0n) is 10.6. The first-order valence-corrected chi connectivity index (χ1v) is 6.97. The van der Waals surface area contributed by atoms with Crippen LogP contribution < -0.4 is 10.2 Å². The molecule has 3 heterocycles. The predicted octanol–water partition coefficient (Wildman–Crippen LogP) is 2.45. The molecule has 0 atom stereocenters. The molecule has 1 N–H and O–H groups in total. The molecule has 0 saturated carbocycles. The second kappa shape index (κ2) is 4.57. The number of anilines is 2. The lowest BCUT2D eigenvalue weighted by molar-refractivity contribution is 0.727. The van der Waals surface area contributed by atoms with Gasteiger partial charge in [-0.15, -0.1) is 11.3 Å². The Kier molecular flexibility index (Phi) is 2.91. The molecule has 0 spiro atoms. The zero-order valence-corrected chi connectivity index (χ0v) is 11.4. The van der Waals surface area contributed by atoms with E-state index in [2.05, 4.69) is 38.6 Å². The molecule has 0 aromatic carbocycles. The summed E-state index contributed by atoms with van der Waals surface area (Å²) in [6.07, 6.45) is 2.75. The van der Waals surface area contributed by atoms with Crippen LogP contribution in [0.15, 0.2) is 17.8 Å². The van der Waals surface area contributed by atoms with Crippen LogP contribution in [0.3, 0.4) is 0 Å². The molecular weight excluding hydrogens is 244 g/mol. The molecule has 0 amide bonds. The van der Waals surface area contributed by atoms with Crippen LogP contribution in [-0.4, -0.2) is 23.6 Å². The molecule has 1 aliphatic heterocycles. The number of rotatable bonds is 2. The van der Waals surface area contributed by atoms with Crippen molar-refractivity contribution in [2.45, 2.75) is 19.9 Å². The third-order valence-electron chi connectivity index (χ3n) is 3.40. The Balaban J connectivity index is 1.93. The first kappa shape index (κ1) is 11.5. The monoisotopic (exact) mass is 260 g/mol. The fourth-order valence-corrected chi connectivity index (χ4v) is 3.33. The van der Waals surface area contributed by atoms with Gasteiger partial charge >= 0.3 is 0 Å². The quantitative estimate of drug-likeness (QED) is 0.900. The van der Waals surface area contributed by atoms with Gasteiger partial charge in [0.2, 0.25) is 0 Å². The molecule has 4 nitrogen and oxygen atoms in total. The van der Waals surface area contributed by atoms with E-state index in [1.54, 1.807) is 6.33 Å². The van der Waals surface area contributed by atoms with Crippen LogP contribution in [0.4, 0.5) is 11.6 Å². The SMILES string of the molecule is CNc1ncnc(N2CCc3sccc3C2)c1C. The van der Waals surface area contributed by atoms with Crippen LogP contribution >= 0.6 is 11.3 Å². The Morgan fingerprint density at radius 2 is 2.28 bits per heavy atom. The van der Waals surface area contributed by atoms with Gasteiger partial charge in [-0.3, -0.25) is 0 Å². The van der Waals surface area contributed by atoms with Crippen LogP contribution in [0.25, 0.3) is 0 Å². The van der Waals surface area contributed by atoms with E-state index in [-0.39, 0.29) is 0 Å². The lowest BCUT2D eigenvalue weighted by Crippen LogP contribution is -2.31. The van der Waals surface area contributed by atoms with E-state index in [1.165, 1.54) is 10.4 Å². The van der Waals surface area contributed by atoms with Crippen molar-refractivity contribution < 1.29 is 0 Å². The average molecular weight is 260 g/mol. The number of nitrogens with one attached hydrogen (secondary N) is 1. The maximum Gasteiger partial charge on any atom is 0.137 e. The topological polar surface area (TPSA) is 41.1 Å². The van der Waals surface area contributed by atoms with Gasteiger partial charge in [0.1, 0.15) is 18.0 Å². The molecule has 0 aliphatic carbocycles. The van der Waals surface area contributed by atoms with Crippen molar-refractivity contribution in [3.05, 3.63) is 33.8 Å². The van der Waals surface area contributed by atoms with Crippen LogP contribution in [0, 0.1) is 6.92 Å². The maximum absolute atomic E-state index is 4.45. The fourth-order valence-electron chi connectivity index (χ4n) is 2.44. The first-order valence-electron chi connectivity index (χ1n) is 6.09. The Bertz CT molecular complexity index is 564. The summed E-state index contributed by atoms with van der Waals surface area (Å²) in [6.45, 7) is 4.07. The molecule has 0 radical (unpaired) electrons. The third-order valence-corrected chi connectivity index (χ3v) is 4.42. The summed E-state index contributed by atoms with van der Waals surface area (Å²) in [6, 6.07) is 2.22. The van der Waals surface area contributed by atoms with Crippen LogP contribution in [0.2, 0.25) is 0 Å². The minimum absolute atomic E-state index is 0.913. The van der Waals surface area contributed by atoms with Gasteiger partial charge in [0, 0.05) is 30.6 Å². The Morgan fingerprint density at radius 1 is 1.39 bits per heavy atom. The van der Waals surface area contributed by atoms with Gasteiger partial charge in [-0.2, -0.15) is 0 Å². The Labute approximate surface area is 111 Å². The number of aromatic nitrogens is 2. The molecule has 2 aromatic rings. The smallest absolute Gasteiger partial charge is 0.137 e. The minimum atomic E-state index is 0.913. The van der Waals surface area contributed by atoms with Crippen molar-refractivity contribution >= 4 is 23.0 Å². The van der Waals surface area contributed by atoms with Crippen LogP contribution in [0.5, 0.6) is 0 Å². The molecule has 18 heavy (non-hydrogen) atoms. The van der Waals surface area contributed by atoms with E-state index >= 15 is 0 Å². The normalized spacial score (nSPS) is 14.4. The molecule has 5 heteroatoms. The number of hydrogen-bond donors (Lipinski definition) is 1. The Hall–Kier alpha value is -1.62. The van der Waals surface area contributed by atoms with E-state index in [0.29, 0.717) is 0 Å². The van der Waals surface area contributed by atoms with Gasteiger partial charge in [-0.1, -0.05) is 0 Å². The van der Waals surface area contributed by atoms with Gasteiger partial charge in [0.05, 0.1) is 0 Å². The highest BCUT2D eigenvalue weighted by Gasteiger charge is 2.20. The maximum atomic E-state index is 4.45. The molecule has 1 aliphatic rings. The third kappa shape index (κ3) is 1.84. The summed E-state index contributed by atoms with van der Waals surface area (Å²) in [5, 5.41) is 5.29. The lowest BCUT2D eigenvalue weighted by Gasteiger charge is -2.29. The molecule has 3 rings (SSSR count). The zero-order chi connectivity index (χ0) is 12.5. The van der Waals surface area contributed by atoms with Gasteiger partial charge < -0.3 is 10.2 Å². The van der Waals surface area contributed by atoms with Gasteiger partial charge in [-0.05, 0) is 30.4 Å². The van der Waals surface area contributed by atoms with Crippen LogP contribution in [-0.2, 0) is 13.0 Å². The highest BCUT2D eigenvalue weighted by Crippen LogP contribution is 2.29. The second-order valence-electron chi connectivity index (χ2n) is 4.46. The van der Waals surface area contributed by atoms with E-state index in [0.717, 1.165) is 36.7 Å². The molecule has 2 aromatic heterocycles. The second-order valence-corrected chi connectivity index (χ2v) is 5.46. The number of nitrogens with zero attached hydrogens (tertiary/aromatic N) is 3. The van der Waals surface area contributed by atoms with Crippen molar-refractivity contribution in [2.24, 2.45) is 0 Å². The molecule has 0 saturated heterocycles. The largest absolute Gasteiger partial charge is 0.373 e. The minimum Gasteiger partial charge on any atom is -0.373 e. The highest BCUT2D eigenvalue weighted by molar-refractivity contribution is 7.10. The van der Waals surface area contributed by atoms with Gasteiger partial charge in [0.25, 0.3) is 0 Å². The molecular formula is C13H16N4S.